The molecule has 19 heavy (non-hydrogen) atoms. The molecule has 0 bridgehead atoms. The molecule has 0 spiro atoms. The average Bonchev–Trinajstić information content (AvgIpc) is 2.37. The smallest absolute Gasteiger partial charge is 0.255 e. The molecule has 4 nitrogen and oxygen atoms in total. The highest BCUT2D eigenvalue weighted by atomic mass is 79.9. The first kappa shape index (κ1) is 13.5. The van der Waals surface area contributed by atoms with Gasteiger partial charge in [0.2, 0.25) is 0 Å². The summed E-state index contributed by atoms with van der Waals surface area (Å²) in [5.74, 6) is -0.831. The van der Waals surface area contributed by atoms with E-state index in [2.05, 4.69) is 21.2 Å². The van der Waals surface area contributed by atoms with Gasteiger partial charge >= 0.3 is 0 Å². The summed E-state index contributed by atoms with van der Waals surface area (Å²) in [5.41, 5.74) is 0.426. The molecule has 0 unspecified atom stereocenters. The van der Waals surface area contributed by atoms with Crippen LogP contribution in [0.4, 0.5) is 10.1 Å². The Hall–Kier alpha value is -1.95. The molecule has 2 rings (SSSR count). The predicted octanol–water partition coefficient (Wildman–Crippen LogP) is 2.54. The number of rotatable bonds is 2. The van der Waals surface area contributed by atoms with E-state index in [0.29, 0.717) is 5.69 Å². The lowest BCUT2D eigenvalue weighted by Gasteiger charge is -2.06. The van der Waals surface area contributed by atoms with Crippen molar-refractivity contribution in [3.8, 4) is 0 Å². The zero-order valence-electron chi connectivity index (χ0n) is 9.98. The number of hydrogen-bond acceptors (Lipinski definition) is 2. The van der Waals surface area contributed by atoms with Gasteiger partial charge in [0.1, 0.15) is 5.82 Å². The van der Waals surface area contributed by atoms with Crippen LogP contribution in [0, 0.1) is 5.82 Å². The van der Waals surface area contributed by atoms with Gasteiger partial charge < -0.3 is 9.88 Å². The van der Waals surface area contributed by atoms with E-state index < -0.39 is 11.7 Å². The van der Waals surface area contributed by atoms with Gasteiger partial charge in [-0.25, -0.2) is 4.39 Å². The van der Waals surface area contributed by atoms with Crippen molar-refractivity contribution in [3.63, 3.8) is 0 Å². The van der Waals surface area contributed by atoms with Crippen molar-refractivity contribution < 1.29 is 9.18 Å². The van der Waals surface area contributed by atoms with Crippen LogP contribution in [0.25, 0.3) is 0 Å². The summed E-state index contributed by atoms with van der Waals surface area (Å²) in [4.78, 5) is 23.3. The van der Waals surface area contributed by atoms with Crippen molar-refractivity contribution in [2.75, 3.05) is 5.32 Å². The average molecular weight is 325 g/mol. The van der Waals surface area contributed by atoms with Crippen molar-refractivity contribution in [3.05, 3.63) is 62.7 Å². The monoisotopic (exact) mass is 324 g/mol. The highest BCUT2D eigenvalue weighted by Crippen LogP contribution is 2.20. The highest BCUT2D eigenvalue weighted by Gasteiger charge is 2.08. The maximum atomic E-state index is 13.1. The Morgan fingerprint density at radius 2 is 2.05 bits per heavy atom. The maximum Gasteiger partial charge on any atom is 0.255 e. The van der Waals surface area contributed by atoms with Gasteiger partial charge in [-0.1, -0.05) is 0 Å². The van der Waals surface area contributed by atoms with Crippen LogP contribution >= 0.6 is 15.9 Å². The summed E-state index contributed by atoms with van der Waals surface area (Å²) in [6, 6.07) is 6.92. The fourth-order valence-electron chi connectivity index (χ4n) is 1.47. The number of nitrogens with one attached hydrogen (secondary N) is 1. The Morgan fingerprint density at radius 3 is 2.68 bits per heavy atom. The Labute approximate surface area is 117 Å². The van der Waals surface area contributed by atoms with Crippen molar-refractivity contribution in [2.45, 2.75) is 0 Å². The molecular formula is C13H10BrFN2O2. The lowest BCUT2D eigenvalue weighted by molar-refractivity contribution is 0.102. The lowest BCUT2D eigenvalue weighted by Crippen LogP contribution is -2.19. The Bertz CT molecular complexity index is 697. The molecule has 0 aliphatic rings. The zero-order chi connectivity index (χ0) is 14.0. The van der Waals surface area contributed by atoms with Crippen LogP contribution in [0.3, 0.4) is 0 Å². The van der Waals surface area contributed by atoms with Gasteiger partial charge in [0.05, 0.1) is 4.47 Å². The van der Waals surface area contributed by atoms with E-state index in [1.807, 2.05) is 0 Å². The van der Waals surface area contributed by atoms with E-state index in [1.54, 1.807) is 7.05 Å². The number of carbonyl (C=O) groups is 1. The molecule has 0 fully saturated rings. The molecule has 1 heterocycles. The molecule has 1 aromatic carbocycles. The van der Waals surface area contributed by atoms with E-state index in [-0.39, 0.29) is 15.6 Å². The van der Waals surface area contributed by atoms with Crippen LogP contribution < -0.4 is 10.9 Å². The lowest BCUT2D eigenvalue weighted by atomic mass is 10.2. The van der Waals surface area contributed by atoms with Crippen LogP contribution in [0.15, 0.2) is 45.8 Å². The van der Waals surface area contributed by atoms with E-state index in [0.717, 1.165) is 0 Å². The minimum Gasteiger partial charge on any atom is -0.322 e. The third-order valence-corrected chi connectivity index (χ3v) is 3.15. The van der Waals surface area contributed by atoms with Crippen LogP contribution in [0.5, 0.6) is 0 Å². The first-order valence-corrected chi connectivity index (χ1v) is 6.20. The largest absolute Gasteiger partial charge is 0.322 e. The number of aryl methyl sites for hydroxylation is 1. The number of hydrogen-bond donors (Lipinski definition) is 1. The van der Waals surface area contributed by atoms with E-state index in [4.69, 9.17) is 0 Å². The molecule has 0 saturated carbocycles. The van der Waals surface area contributed by atoms with E-state index >= 15 is 0 Å². The zero-order valence-corrected chi connectivity index (χ0v) is 11.6. The van der Waals surface area contributed by atoms with Gasteiger partial charge in [-0.3, -0.25) is 9.59 Å². The number of pyridine rings is 1. The number of benzene rings is 1. The van der Waals surface area contributed by atoms with Crippen molar-refractivity contribution in [1.29, 1.82) is 0 Å². The van der Waals surface area contributed by atoms with Crippen molar-refractivity contribution in [2.24, 2.45) is 7.05 Å². The molecule has 1 aromatic heterocycles. The minimum atomic E-state index is -0.420. The molecule has 6 heteroatoms. The van der Waals surface area contributed by atoms with Crippen LogP contribution in [0.2, 0.25) is 0 Å². The topological polar surface area (TPSA) is 51.1 Å². The van der Waals surface area contributed by atoms with Gasteiger partial charge in [-0.15, -0.1) is 0 Å². The van der Waals surface area contributed by atoms with Crippen LogP contribution in [-0.4, -0.2) is 10.5 Å². The van der Waals surface area contributed by atoms with Crippen molar-refractivity contribution in [1.82, 2.24) is 4.57 Å². The molecule has 0 saturated heterocycles. The molecule has 1 amide bonds. The van der Waals surface area contributed by atoms with Crippen molar-refractivity contribution >= 4 is 27.5 Å². The summed E-state index contributed by atoms with van der Waals surface area (Å²) < 4.78 is 14.7. The van der Waals surface area contributed by atoms with Gasteiger partial charge in [0, 0.05) is 30.6 Å². The second-order valence-electron chi connectivity index (χ2n) is 3.95. The molecule has 2 aromatic rings. The molecular weight excluding hydrogens is 315 g/mol. The Balaban J connectivity index is 2.23. The summed E-state index contributed by atoms with van der Waals surface area (Å²) in [6.07, 6.45) is 1.51. The summed E-state index contributed by atoms with van der Waals surface area (Å²) >= 11 is 3.03. The third-order valence-electron chi connectivity index (χ3n) is 2.54. The minimum absolute atomic E-state index is 0.253. The second kappa shape index (κ2) is 5.36. The van der Waals surface area contributed by atoms with Gasteiger partial charge in [0.15, 0.2) is 0 Å². The number of amides is 1. The summed E-state index contributed by atoms with van der Waals surface area (Å²) in [7, 11) is 1.60. The number of carbonyl (C=O) groups excluding carboxylic acids is 1. The van der Waals surface area contributed by atoms with Crippen LogP contribution in [0.1, 0.15) is 10.4 Å². The standard InChI is InChI=1S/C13H10BrFN2O2/c1-17-5-4-8(6-12(17)18)13(19)16-9-2-3-11(15)10(14)7-9/h2-7H,1H3,(H,16,19). The van der Waals surface area contributed by atoms with E-state index in [9.17, 15) is 14.0 Å². The first-order chi connectivity index (χ1) is 8.97. The molecule has 98 valence electrons. The molecule has 0 radical (unpaired) electrons. The number of nitrogens with zero attached hydrogens (tertiary/aromatic N) is 1. The third kappa shape index (κ3) is 3.08. The predicted molar refractivity (Wildman–Crippen MR) is 73.7 cm³/mol. The SMILES string of the molecule is Cn1ccc(C(=O)Nc2ccc(F)c(Br)c2)cc1=O. The van der Waals surface area contributed by atoms with Crippen LogP contribution in [-0.2, 0) is 7.05 Å². The van der Waals surface area contributed by atoms with E-state index in [1.165, 1.54) is 41.1 Å². The molecule has 0 aliphatic heterocycles. The Kier molecular flexibility index (Phi) is 3.80. The quantitative estimate of drug-likeness (QED) is 0.922. The highest BCUT2D eigenvalue weighted by molar-refractivity contribution is 9.10. The van der Waals surface area contributed by atoms with Gasteiger partial charge in [-0.05, 0) is 40.2 Å². The van der Waals surface area contributed by atoms with Gasteiger partial charge in [-0.2, -0.15) is 0 Å². The van der Waals surface area contributed by atoms with Gasteiger partial charge in [0.25, 0.3) is 11.5 Å². The fourth-order valence-corrected chi connectivity index (χ4v) is 1.85. The summed E-state index contributed by atoms with van der Waals surface area (Å²) in [5, 5.41) is 2.59. The normalized spacial score (nSPS) is 10.3. The molecule has 0 aliphatic carbocycles. The maximum absolute atomic E-state index is 13.1. The fraction of sp³-hybridized carbons (Fsp3) is 0.0769. The number of aromatic nitrogens is 1. The molecule has 0 atom stereocenters. The first-order valence-electron chi connectivity index (χ1n) is 5.40. The number of halogens is 2. The molecule has 1 N–H and O–H groups in total. The number of anilines is 1. The Morgan fingerprint density at radius 1 is 1.32 bits per heavy atom. The summed E-state index contributed by atoms with van der Waals surface area (Å²) in [6.45, 7) is 0. The second-order valence-corrected chi connectivity index (χ2v) is 4.80.